The number of hydrogen-bond acceptors (Lipinski definition) is 3. The van der Waals surface area contributed by atoms with Gasteiger partial charge in [0.2, 0.25) is 0 Å². The Morgan fingerprint density at radius 1 is 1.05 bits per heavy atom. The Kier molecular flexibility index (Phi) is 2.67. The SMILES string of the molecule is Cc1ccc(C2=Cc3ccc(O)cc3OC2)c(O)c1. The molecule has 1 aliphatic rings. The first-order chi connectivity index (χ1) is 9.13. The average Bonchev–Trinajstić information content (AvgIpc) is 2.38. The molecule has 0 aromatic heterocycles. The lowest BCUT2D eigenvalue weighted by Gasteiger charge is -2.19. The molecule has 0 spiro atoms. The zero-order chi connectivity index (χ0) is 13.4. The van der Waals surface area contributed by atoms with Gasteiger partial charge in [-0.25, -0.2) is 0 Å². The fourth-order valence-electron chi connectivity index (χ4n) is 2.22. The molecule has 19 heavy (non-hydrogen) atoms. The van der Waals surface area contributed by atoms with E-state index in [0.717, 1.165) is 22.3 Å². The van der Waals surface area contributed by atoms with Gasteiger partial charge < -0.3 is 14.9 Å². The highest BCUT2D eigenvalue weighted by Crippen LogP contribution is 2.35. The van der Waals surface area contributed by atoms with Crippen LogP contribution in [0.4, 0.5) is 0 Å². The van der Waals surface area contributed by atoms with Crippen molar-refractivity contribution >= 4 is 11.6 Å². The normalized spacial score (nSPS) is 13.4. The zero-order valence-electron chi connectivity index (χ0n) is 10.6. The van der Waals surface area contributed by atoms with Gasteiger partial charge in [-0.05, 0) is 36.8 Å². The second kappa shape index (κ2) is 4.35. The zero-order valence-corrected chi connectivity index (χ0v) is 10.6. The number of rotatable bonds is 1. The summed E-state index contributed by atoms with van der Waals surface area (Å²) in [4.78, 5) is 0. The standard InChI is InChI=1S/C16H14O3/c1-10-2-5-14(15(18)6-10)12-7-11-3-4-13(17)8-16(11)19-9-12/h2-8,17-18H,9H2,1H3. The van der Waals surface area contributed by atoms with E-state index in [1.807, 2.05) is 25.1 Å². The Labute approximate surface area is 111 Å². The second-order valence-electron chi connectivity index (χ2n) is 4.70. The van der Waals surface area contributed by atoms with E-state index in [0.29, 0.717) is 12.4 Å². The quantitative estimate of drug-likeness (QED) is 0.820. The van der Waals surface area contributed by atoms with Crippen molar-refractivity contribution in [3.8, 4) is 17.2 Å². The molecule has 0 saturated carbocycles. The molecule has 2 aromatic carbocycles. The lowest BCUT2D eigenvalue weighted by molar-refractivity contribution is 0.361. The lowest BCUT2D eigenvalue weighted by atomic mass is 9.99. The summed E-state index contributed by atoms with van der Waals surface area (Å²) in [5, 5.41) is 19.4. The smallest absolute Gasteiger partial charge is 0.130 e. The fraction of sp³-hybridized carbons (Fsp3) is 0.125. The van der Waals surface area contributed by atoms with Crippen LogP contribution in [0.1, 0.15) is 16.7 Å². The van der Waals surface area contributed by atoms with Crippen LogP contribution in [0.25, 0.3) is 11.6 Å². The predicted molar refractivity (Wildman–Crippen MR) is 74.3 cm³/mol. The van der Waals surface area contributed by atoms with Crippen LogP contribution in [0.5, 0.6) is 17.2 Å². The largest absolute Gasteiger partial charge is 0.508 e. The van der Waals surface area contributed by atoms with Crippen molar-refractivity contribution in [2.45, 2.75) is 6.92 Å². The molecule has 0 fully saturated rings. The summed E-state index contributed by atoms with van der Waals surface area (Å²) in [5.74, 6) is 1.11. The Morgan fingerprint density at radius 2 is 1.89 bits per heavy atom. The van der Waals surface area contributed by atoms with Gasteiger partial charge in [0.25, 0.3) is 0 Å². The van der Waals surface area contributed by atoms with Gasteiger partial charge in [-0.2, -0.15) is 0 Å². The summed E-state index contributed by atoms with van der Waals surface area (Å²) in [6, 6.07) is 10.6. The van der Waals surface area contributed by atoms with E-state index in [4.69, 9.17) is 4.74 Å². The van der Waals surface area contributed by atoms with Crippen LogP contribution in [0.2, 0.25) is 0 Å². The van der Waals surface area contributed by atoms with Gasteiger partial charge >= 0.3 is 0 Å². The molecule has 0 bridgehead atoms. The maximum atomic E-state index is 10.00. The number of ether oxygens (including phenoxy) is 1. The number of fused-ring (bicyclic) bond motifs is 1. The molecule has 96 valence electrons. The van der Waals surface area contributed by atoms with E-state index in [9.17, 15) is 10.2 Å². The number of benzene rings is 2. The number of phenolic OH excluding ortho intramolecular Hbond substituents is 2. The first-order valence-corrected chi connectivity index (χ1v) is 6.10. The maximum Gasteiger partial charge on any atom is 0.130 e. The van der Waals surface area contributed by atoms with Crippen molar-refractivity contribution in [1.29, 1.82) is 0 Å². The van der Waals surface area contributed by atoms with Crippen molar-refractivity contribution in [2.24, 2.45) is 0 Å². The lowest BCUT2D eigenvalue weighted by Crippen LogP contribution is -2.06. The maximum absolute atomic E-state index is 10.00. The van der Waals surface area contributed by atoms with Crippen LogP contribution >= 0.6 is 0 Å². The van der Waals surface area contributed by atoms with E-state index in [1.54, 1.807) is 24.3 Å². The number of phenols is 2. The summed E-state index contributed by atoms with van der Waals surface area (Å²) >= 11 is 0. The summed E-state index contributed by atoms with van der Waals surface area (Å²) in [6.45, 7) is 2.32. The summed E-state index contributed by atoms with van der Waals surface area (Å²) in [5.41, 5.74) is 3.63. The van der Waals surface area contributed by atoms with E-state index in [1.165, 1.54) is 0 Å². The van der Waals surface area contributed by atoms with Gasteiger partial charge in [-0.3, -0.25) is 0 Å². The molecule has 3 rings (SSSR count). The van der Waals surface area contributed by atoms with Crippen molar-refractivity contribution in [2.75, 3.05) is 6.61 Å². The van der Waals surface area contributed by atoms with Gasteiger partial charge in [-0.1, -0.05) is 12.1 Å². The molecule has 2 N–H and O–H groups in total. The minimum absolute atomic E-state index is 0.189. The van der Waals surface area contributed by atoms with Gasteiger partial charge in [-0.15, -0.1) is 0 Å². The molecule has 1 heterocycles. The van der Waals surface area contributed by atoms with Crippen molar-refractivity contribution in [3.05, 3.63) is 53.1 Å². The van der Waals surface area contributed by atoms with Crippen LogP contribution in [0.3, 0.4) is 0 Å². The molecule has 1 aliphatic heterocycles. The average molecular weight is 254 g/mol. The molecule has 0 saturated heterocycles. The molecule has 0 amide bonds. The number of aryl methyl sites for hydroxylation is 1. The van der Waals surface area contributed by atoms with E-state index in [-0.39, 0.29) is 11.5 Å². The predicted octanol–water partition coefficient (Wildman–Crippen LogP) is 3.34. The molecular weight excluding hydrogens is 240 g/mol. The van der Waals surface area contributed by atoms with E-state index in [2.05, 4.69) is 0 Å². The van der Waals surface area contributed by atoms with E-state index >= 15 is 0 Å². The van der Waals surface area contributed by atoms with E-state index < -0.39 is 0 Å². The summed E-state index contributed by atoms with van der Waals surface area (Å²) in [6.07, 6.45) is 1.97. The minimum atomic E-state index is 0.189. The van der Waals surface area contributed by atoms with Crippen LogP contribution < -0.4 is 4.74 Å². The van der Waals surface area contributed by atoms with Crippen LogP contribution in [0.15, 0.2) is 36.4 Å². The molecule has 0 atom stereocenters. The fourth-order valence-corrected chi connectivity index (χ4v) is 2.22. The molecule has 0 aliphatic carbocycles. The third kappa shape index (κ3) is 2.15. The van der Waals surface area contributed by atoms with Crippen LogP contribution in [-0.2, 0) is 0 Å². The Balaban J connectivity index is 2.05. The third-order valence-electron chi connectivity index (χ3n) is 3.21. The Morgan fingerprint density at radius 3 is 2.68 bits per heavy atom. The highest BCUT2D eigenvalue weighted by molar-refractivity contribution is 5.87. The first-order valence-electron chi connectivity index (χ1n) is 6.10. The van der Waals surface area contributed by atoms with Crippen molar-refractivity contribution in [3.63, 3.8) is 0 Å². The topological polar surface area (TPSA) is 49.7 Å². The van der Waals surface area contributed by atoms with Gasteiger partial charge in [0, 0.05) is 22.8 Å². The van der Waals surface area contributed by atoms with Crippen molar-refractivity contribution in [1.82, 2.24) is 0 Å². The molecule has 0 unspecified atom stereocenters. The summed E-state index contributed by atoms with van der Waals surface area (Å²) in [7, 11) is 0. The molecule has 2 aromatic rings. The Hall–Kier alpha value is -2.42. The Bertz CT molecular complexity index is 672. The number of aromatic hydroxyl groups is 2. The van der Waals surface area contributed by atoms with Crippen LogP contribution in [-0.4, -0.2) is 16.8 Å². The van der Waals surface area contributed by atoms with Gasteiger partial charge in [0.15, 0.2) is 0 Å². The molecule has 0 radical (unpaired) electrons. The van der Waals surface area contributed by atoms with Gasteiger partial charge in [0.1, 0.15) is 23.9 Å². The number of hydrogen-bond donors (Lipinski definition) is 2. The molecule has 3 nitrogen and oxygen atoms in total. The second-order valence-corrected chi connectivity index (χ2v) is 4.70. The van der Waals surface area contributed by atoms with Crippen molar-refractivity contribution < 1.29 is 14.9 Å². The minimum Gasteiger partial charge on any atom is -0.508 e. The molecule has 3 heteroatoms. The highest BCUT2D eigenvalue weighted by Gasteiger charge is 2.15. The highest BCUT2D eigenvalue weighted by atomic mass is 16.5. The van der Waals surface area contributed by atoms with Crippen LogP contribution in [0, 0.1) is 6.92 Å². The van der Waals surface area contributed by atoms with Gasteiger partial charge in [0.05, 0.1) is 0 Å². The molecular formula is C16H14O3. The summed E-state index contributed by atoms with van der Waals surface area (Å²) < 4.78 is 5.62. The third-order valence-corrected chi connectivity index (χ3v) is 3.21. The first kappa shape index (κ1) is 11.7. The monoisotopic (exact) mass is 254 g/mol.